The minimum Gasteiger partial charge on any atom is -0.497 e. The van der Waals surface area contributed by atoms with Gasteiger partial charge in [-0.2, -0.15) is 4.72 Å². The van der Waals surface area contributed by atoms with Crippen LogP contribution in [0.3, 0.4) is 0 Å². The van der Waals surface area contributed by atoms with E-state index in [1.807, 2.05) is 0 Å². The summed E-state index contributed by atoms with van der Waals surface area (Å²) in [5, 5.41) is 2.64. The van der Waals surface area contributed by atoms with Crippen LogP contribution in [0.4, 0.5) is 0 Å². The van der Waals surface area contributed by atoms with Crippen LogP contribution in [0.5, 0.6) is 5.75 Å². The number of ether oxygens (including phenoxy) is 3. The number of rotatable bonds is 11. The zero-order valence-corrected chi connectivity index (χ0v) is 16.7. The van der Waals surface area contributed by atoms with E-state index in [9.17, 15) is 13.2 Å². The highest BCUT2D eigenvalue weighted by atomic mass is 32.2. The summed E-state index contributed by atoms with van der Waals surface area (Å²) >= 11 is 0. The molecular formula is C18H24N2O7S. The van der Waals surface area contributed by atoms with Gasteiger partial charge in [-0.3, -0.25) is 4.79 Å². The number of hydrogen-bond donors (Lipinski definition) is 2. The molecule has 0 aliphatic rings. The topological polar surface area (TPSA) is 116 Å². The van der Waals surface area contributed by atoms with Crippen LogP contribution in [0.2, 0.25) is 0 Å². The Hall–Kier alpha value is -2.40. The number of nitrogens with one attached hydrogen (secondary N) is 2. The summed E-state index contributed by atoms with van der Waals surface area (Å²) in [5.41, 5.74) is 0. The Balaban J connectivity index is 2.11. The SMILES string of the molecule is COc1ccc(S(=O)(=O)NC(CC(=O)NCC(OC)OC)c2ccco2)cc1. The number of benzene rings is 1. The number of carbonyl (C=O) groups excluding carboxylic acids is 1. The molecule has 0 aliphatic carbocycles. The van der Waals surface area contributed by atoms with Gasteiger partial charge in [-0.25, -0.2) is 8.42 Å². The zero-order valence-electron chi connectivity index (χ0n) is 15.9. The first-order valence-electron chi connectivity index (χ1n) is 8.41. The third-order valence-corrected chi connectivity index (χ3v) is 5.42. The number of methoxy groups -OCH3 is 3. The van der Waals surface area contributed by atoms with E-state index in [4.69, 9.17) is 18.6 Å². The molecular weight excluding hydrogens is 388 g/mol. The van der Waals surface area contributed by atoms with Crippen molar-refractivity contribution in [3.8, 4) is 5.75 Å². The summed E-state index contributed by atoms with van der Waals surface area (Å²) in [6.07, 6.45) is 0.652. The zero-order chi connectivity index (χ0) is 20.6. The van der Waals surface area contributed by atoms with Gasteiger partial charge >= 0.3 is 0 Å². The van der Waals surface area contributed by atoms with E-state index in [0.29, 0.717) is 11.5 Å². The van der Waals surface area contributed by atoms with Gasteiger partial charge in [0.1, 0.15) is 11.5 Å². The molecule has 1 unspecified atom stereocenters. The Morgan fingerprint density at radius 3 is 2.32 bits per heavy atom. The van der Waals surface area contributed by atoms with Crippen molar-refractivity contribution in [1.82, 2.24) is 10.0 Å². The highest BCUT2D eigenvalue weighted by Gasteiger charge is 2.26. The third kappa shape index (κ3) is 6.06. The Morgan fingerprint density at radius 1 is 1.11 bits per heavy atom. The Kier molecular flexibility index (Phi) is 8.00. The van der Waals surface area contributed by atoms with Gasteiger partial charge in [-0.1, -0.05) is 0 Å². The van der Waals surface area contributed by atoms with Gasteiger partial charge < -0.3 is 23.9 Å². The number of amides is 1. The maximum atomic E-state index is 12.7. The summed E-state index contributed by atoms with van der Waals surface area (Å²) in [6, 6.07) is 8.25. The van der Waals surface area contributed by atoms with Crippen molar-refractivity contribution < 1.29 is 31.8 Å². The molecule has 0 fully saturated rings. The molecule has 0 radical (unpaired) electrons. The summed E-state index contributed by atoms with van der Waals surface area (Å²) in [5.74, 6) is 0.465. The van der Waals surface area contributed by atoms with Gasteiger partial charge in [0.05, 0.1) is 37.3 Å². The second-order valence-electron chi connectivity index (χ2n) is 5.77. The predicted octanol–water partition coefficient (Wildman–Crippen LogP) is 1.43. The molecule has 1 heterocycles. The molecule has 1 aromatic heterocycles. The van der Waals surface area contributed by atoms with Crippen molar-refractivity contribution in [3.63, 3.8) is 0 Å². The molecule has 0 aliphatic heterocycles. The van der Waals surface area contributed by atoms with Crippen LogP contribution in [0.1, 0.15) is 18.2 Å². The van der Waals surface area contributed by atoms with E-state index in [0.717, 1.165) is 0 Å². The van der Waals surface area contributed by atoms with Crippen LogP contribution >= 0.6 is 0 Å². The fourth-order valence-corrected chi connectivity index (χ4v) is 3.62. The normalized spacial score (nSPS) is 12.7. The first-order valence-corrected chi connectivity index (χ1v) is 9.90. The summed E-state index contributed by atoms with van der Waals surface area (Å²) in [6.45, 7) is 0.127. The average molecular weight is 412 g/mol. The molecule has 10 heteroatoms. The molecule has 0 saturated carbocycles. The van der Waals surface area contributed by atoms with Crippen molar-refractivity contribution in [2.45, 2.75) is 23.6 Å². The molecule has 0 saturated heterocycles. The maximum Gasteiger partial charge on any atom is 0.241 e. The lowest BCUT2D eigenvalue weighted by atomic mass is 10.1. The van der Waals surface area contributed by atoms with Gasteiger partial charge in [-0.15, -0.1) is 0 Å². The molecule has 0 bridgehead atoms. The summed E-state index contributed by atoms with van der Waals surface area (Å²) < 4.78 is 48.3. The minimum absolute atomic E-state index is 0.0455. The minimum atomic E-state index is -3.89. The number of sulfonamides is 1. The largest absolute Gasteiger partial charge is 0.497 e. The Labute approximate surface area is 164 Å². The Bertz CT molecular complexity index is 831. The molecule has 2 aromatic rings. The van der Waals surface area contributed by atoms with Crippen molar-refractivity contribution in [2.24, 2.45) is 0 Å². The molecule has 2 rings (SSSR count). The van der Waals surface area contributed by atoms with Crippen molar-refractivity contribution >= 4 is 15.9 Å². The number of furan rings is 1. The fraction of sp³-hybridized carbons (Fsp3) is 0.389. The molecule has 9 nitrogen and oxygen atoms in total. The lowest BCUT2D eigenvalue weighted by Crippen LogP contribution is -2.37. The first kappa shape index (κ1) is 21.9. The number of hydrogen-bond acceptors (Lipinski definition) is 7. The monoisotopic (exact) mass is 412 g/mol. The lowest BCUT2D eigenvalue weighted by molar-refractivity contribution is -0.127. The predicted molar refractivity (Wildman–Crippen MR) is 100 cm³/mol. The van der Waals surface area contributed by atoms with Crippen LogP contribution < -0.4 is 14.8 Å². The first-order chi connectivity index (χ1) is 13.4. The van der Waals surface area contributed by atoms with E-state index in [1.165, 1.54) is 39.7 Å². The summed E-state index contributed by atoms with van der Waals surface area (Å²) in [7, 11) is 0.506. The van der Waals surface area contributed by atoms with Crippen LogP contribution in [-0.4, -0.2) is 48.5 Å². The number of carbonyl (C=O) groups is 1. The third-order valence-electron chi connectivity index (χ3n) is 3.93. The lowest BCUT2D eigenvalue weighted by Gasteiger charge is -2.18. The van der Waals surface area contributed by atoms with Crippen molar-refractivity contribution in [2.75, 3.05) is 27.9 Å². The van der Waals surface area contributed by atoms with Crippen LogP contribution in [0, 0.1) is 0 Å². The average Bonchev–Trinajstić information content (AvgIpc) is 3.23. The van der Waals surface area contributed by atoms with Gasteiger partial charge in [0.2, 0.25) is 15.9 Å². The second kappa shape index (κ2) is 10.2. The van der Waals surface area contributed by atoms with E-state index < -0.39 is 28.3 Å². The molecule has 1 atom stereocenters. The van der Waals surface area contributed by atoms with Crippen LogP contribution in [0.15, 0.2) is 52.0 Å². The molecule has 1 amide bonds. The smallest absolute Gasteiger partial charge is 0.241 e. The molecule has 2 N–H and O–H groups in total. The highest BCUT2D eigenvalue weighted by Crippen LogP contribution is 2.22. The van der Waals surface area contributed by atoms with Gasteiger partial charge in [0.15, 0.2) is 6.29 Å². The quantitative estimate of drug-likeness (QED) is 0.536. The van der Waals surface area contributed by atoms with Crippen molar-refractivity contribution in [1.29, 1.82) is 0 Å². The molecule has 1 aromatic carbocycles. The van der Waals surface area contributed by atoms with Gasteiger partial charge in [0, 0.05) is 14.2 Å². The van der Waals surface area contributed by atoms with Crippen LogP contribution in [0.25, 0.3) is 0 Å². The highest BCUT2D eigenvalue weighted by molar-refractivity contribution is 7.89. The van der Waals surface area contributed by atoms with Gasteiger partial charge in [0.25, 0.3) is 0 Å². The molecule has 0 spiro atoms. The standard InChI is InChI=1S/C18H24N2O7S/c1-24-13-6-8-14(9-7-13)28(22,23)20-15(16-5-4-10-27-16)11-17(21)19-12-18(25-2)26-3/h4-10,15,18,20H,11-12H2,1-3H3,(H,19,21). The Morgan fingerprint density at radius 2 is 1.79 bits per heavy atom. The molecule has 154 valence electrons. The van der Waals surface area contributed by atoms with E-state index in [1.54, 1.807) is 24.3 Å². The van der Waals surface area contributed by atoms with E-state index in [2.05, 4.69) is 10.0 Å². The maximum absolute atomic E-state index is 12.7. The fourth-order valence-electron chi connectivity index (χ4n) is 2.42. The van der Waals surface area contributed by atoms with E-state index >= 15 is 0 Å². The molecule has 28 heavy (non-hydrogen) atoms. The van der Waals surface area contributed by atoms with E-state index in [-0.39, 0.29) is 17.9 Å². The van der Waals surface area contributed by atoms with Gasteiger partial charge in [-0.05, 0) is 36.4 Å². The summed E-state index contributed by atoms with van der Waals surface area (Å²) in [4.78, 5) is 12.3. The van der Waals surface area contributed by atoms with Crippen LogP contribution in [-0.2, 0) is 24.3 Å². The second-order valence-corrected chi connectivity index (χ2v) is 7.49. The van der Waals surface area contributed by atoms with Crippen molar-refractivity contribution in [3.05, 3.63) is 48.4 Å².